The number of hydrogen-bond donors (Lipinski definition) is 1. The normalized spacial score (nSPS) is 9.18. The van der Waals surface area contributed by atoms with E-state index in [-0.39, 0.29) is 5.75 Å². The Balaban J connectivity index is 2.95. The highest BCUT2D eigenvalue weighted by molar-refractivity contribution is 5.48. The van der Waals surface area contributed by atoms with Crippen molar-refractivity contribution in [1.82, 2.24) is 0 Å². The van der Waals surface area contributed by atoms with Gasteiger partial charge in [0.05, 0.1) is 0 Å². The molecule has 0 aliphatic heterocycles. The largest absolute Gasteiger partial charge is 0.508 e. The molecule has 0 bridgehead atoms. The number of aromatic hydroxyl groups is 1. The second kappa shape index (κ2) is 3.05. The molecular weight excluding hydrogens is 144 g/mol. The number of aryl methyl sites for hydroxylation is 1. The van der Waals surface area contributed by atoms with Gasteiger partial charge in [-0.1, -0.05) is 6.07 Å². The maximum atomic E-state index is 9.87. The third-order valence-corrected chi connectivity index (χ3v) is 1.36. The summed E-state index contributed by atoms with van der Waals surface area (Å²) in [6, 6.07) is 4.68. The Hall–Kier alpha value is -1.51. The van der Waals surface area contributed by atoms with Gasteiger partial charge >= 0.3 is 0 Å². The molecule has 1 rings (SSSR count). The average molecular weight is 152 g/mol. The lowest BCUT2D eigenvalue weighted by Crippen LogP contribution is -1.87. The van der Waals surface area contributed by atoms with E-state index in [0.717, 1.165) is 5.56 Å². The summed E-state index contributed by atoms with van der Waals surface area (Å²) in [5.74, 6) is 0.479. The Morgan fingerprint density at radius 3 is 2.82 bits per heavy atom. The SMILES string of the molecule is Cc1ccc(OC=O)cc1O. The van der Waals surface area contributed by atoms with Crippen molar-refractivity contribution >= 4 is 6.47 Å². The van der Waals surface area contributed by atoms with Gasteiger partial charge in [-0.05, 0) is 18.6 Å². The summed E-state index contributed by atoms with van der Waals surface area (Å²) in [5, 5.41) is 9.13. The van der Waals surface area contributed by atoms with E-state index in [4.69, 9.17) is 5.11 Å². The van der Waals surface area contributed by atoms with Crippen molar-refractivity contribution in [1.29, 1.82) is 0 Å². The molecule has 0 radical (unpaired) electrons. The third kappa shape index (κ3) is 1.70. The molecular formula is C8H8O3. The molecule has 0 aliphatic carbocycles. The van der Waals surface area contributed by atoms with Crippen LogP contribution in [0.2, 0.25) is 0 Å². The summed E-state index contributed by atoms with van der Waals surface area (Å²) in [6.07, 6.45) is 0. The fourth-order valence-electron chi connectivity index (χ4n) is 0.718. The predicted molar refractivity (Wildman–Crippen MR) is 39.5 cm³/mol. The molecule has 1 aromatic rings. The zero-order chi connectivity index (χ0) is 8.27. The van der Waals surface area contributed by atoms with E-state index in [9.17, 15) is 4.79 Å². The van der Waals surface area contributed by atoms with Crippen LogP contribution in [0.1, 0.15) is 5.56 Å². The molecule has 0 amide bonds. The molecule has 0 atom stereocenters. The maximum Gasteiger partial charge on any atom is 0.298 e. The maximum absolute atomic E-state index is 9.87. The molecule has 0 unspecified atom stereocenters. The summed E-state index contributed by atoms with van der Waals surface area (Å²) in [6.45, 7) is 2.09. The Morgan fingerprint density at radius 1 is 1.55 bits per heavy atom. The minimum absolute atomic E-state index is 0.129. The van der Waals surface area contributed by atoms with E-state index in [1.807, 2.05) is 0 Å². The highest BCUT2D eigenvalue weighted by atomic mass is 16.5. The Labute approximate surface area is 64.2 Å². The smallest absolute Gasteiger partial charge is 0.298 e. The summed E-state index contributed by atoms with van der Waals surface area (Å²) in [5.41, 5.74) is 0.753. The van der Waals surface area contributed by atoms with Crippen molar-refractivity contribution in [2.75, 3.05) is 0 Å². The van der Waals surface area contributed by atoms with Gasteiger partial charge < -0.3 is 9.84 Å². The zero-order valence-electron chi connectivity index (χ0n) is 6.07. The van der Waals surface area contributed by atoms with E-state index >= 15 is 0 Å². The molecule has 58 valence electrons. The van der Waals surface area contributed by atoms with Crippen molar-refractivity contribution < 1.29 is 14.6 Å². The molecule has 3 heteroatoms. The van der Waals surface area contributed by atoms with Crippen molar-refractivity contribution in [2.45, 2.75) is 6.92 Å². The van der Waals surface area contributed by atoms with Crippen LogP contribution in [-0.4, -0.2) is 11.6 Å². The van der Waals surface area contributed by atoms with Crippen LogP contribution < -0.4 is 4.74 Å². The van der Waals surface area contributed by atoms with Gasteiger partial charge in [-0.2, -0.15) is 0 Å². The van der Waals surface area contributed by atoms with E-state index < -0.39 is 0 Å². The van der Waals surface area contributed by atoms with Gasteiger partial charge in [0, 0.05) is 6.07 Å². The molecule has 0 fully saturated rings. The van der Waals surface area contributed by atoms with Gasteiger partial charge in [0.1, 0.15) is 11.5 Å². The number of phenolic OH excluding ortho intramolecular Hbond substituents is 1. The van der Waals surface area contributed by atoms with Crippen LogP contribution in [-0.2, 0) is 4.79 Å². The monoisotopic (exact) mass is 152 g/mol. The van der Waals surface area contributed by atoms with E-state index in [0.29, 0.717) is 12.2 Å². The zero-order valence-corrected chi connectivity index (χ0v) is 6.07. The van der Waals surface area contributed by atoms with E-state index in [2.05, 4.69) is 4.74 Å². The summed E-state index contributed by atoms with van der Waals surface area (Å²) in [4.78, 5) is 9.87. The Kier molecular flexibility index (Phi) is 2.11. The fraction of sp³-hybridized carbons (Fsp3) is 0.125. The molecule has 0 aliphatic rings. The van der Waals surface area contributed by atoms with Gasteiger partial charge in [-0.25, -0.2) is 0 Å². The van der Waals surface area contributed by atoms with Crippen LogP contribution in [0.3, 0.4) is 0 Å². The summed E-state index contributed by atoms with van der Waals surface area (Å²) < 4.78 is 4.50. The minimum atomic E-state index is 0.129. The molecule has 0 heterocycles. The average Bonchev–Trinajstić information content (AvgIpc) is 1.98. The quantitative estimate of drug-likeness (QED) is 0.648. The molecule has 11 heavy (non-hydrogen) atoms. The number of phenols is 1. The number of carbonyl (C=O) groups excluding carboxylic acids is 1. The van der Waals surface area contributed by atoms with E-state index in [1.165, 1.54) is 6.07 Å². The first-order valence-electron chi connectivity index (χ1n) is 3.14. The topological polar surface area (TPSA) is 46.5 Å². The van der Waals surface area contributed by atoms with Crippen LogP contribution >= 0.6 is 0 Å². The number of rotatable bonds is 2. The van der Waals surface area contributed by atoms with Crippen LogP contribution in [0.25, 0.3) is 0 Å². The first-order chi connectivity index (χ1) is 5.24. The molecule has 0 saturated carbocycles. The van der Waals surface area contributed by atoms with Crippen LogP contribution in [0, 0.1) is 6.92 Å². The van der Waals surface area contributed by atoms with Gasteiger partial charge in [0.15, 0.2) is 0 Å². The second-order valence-electron chi connectivity index (χ2n) is 2.16. The van der Waals surface area contributed by atoms with Crippen LogP contribution in [0.4, 0.5) is 0 Å². The van der Waals surface area contributed by atoms with Crippen molar-refractivity contribution in [3.8, 4) is 11.5 Å². The number of carbonyl (C=O) groups is 1. The minimum Gasteiger partial charge on any atom is -0.508 e. The van der Waals surface area contributed by atoms with Gasteiger partial charge in [0.2, 0.25) is 0 Å². The first kappa shape index (κ1) is 7.60. The van der Waals surface area contributed by atoms with Crippen LogP contribution in [0.5, 0.6) is 11.5 Å². The lowest BCUT2D eigenvalue weighted by molar-refractivity contribution is -0.120. The molecule has 0 saturated heterocycles. The highest BCUT2D eigenvalue weighted by Gasteiger charge is 1.97. The Morgan fingerprint density at radius 2 is 2.27 bits per heavy atom. The number of benzene rings is 1. The van der Waals surface area contributed by atoms with Gasteiger partial charge in [-0.3, -0.25) is 4.79 Å². The standard InChI is InChI=1S/C8H8O3/c1-6-2-3-7(11-5-9)4-8(6)10/h2-5,10H,1H3. The van der Waals surface area contributed by atoms with E-state index in [1.54, 1.807) is 19.1 Å². The van der Waals surface area contributed by atoms with Crippen molar-refractivity contribution in [3.63, 3.8) is 0 Å². The molecule has 0 aromatic heterocycles. The molecule has 0 spiro atoms. The van der Waals surface area contributed by atoms with Gasteiger partial charge in [-0.15, -0.1) is 0 Å². The first-order valence-corrected chi connectivity index (χ1v) is 3.14. The van der Waals surface area contributed by atoms with Crippen LogP contribution in [0.15, 0.2) is 18.2 Å². The fourth-order valence-corrected chi connectivity index (χ4v) is 0.718. The van der Waals surface area contributed by atoms with Crippen molar-refractivity contribution in [2.24, 2.45) is 0 Å². The summed E-state index contributed by atoms with van der Waals surface area (Å²) >= 11 is 0. The predicted octanol–water partition coefficient (Wildman–Crippen LogP) is 1.24. The second-order valence-corrected chi connectivity index (χ2v) is 2.16. The number of ether oxygens (including phenoxy) is 1. The number of hydrogen-bond acceptors (Lipinski definition) is 3. The highest BCUT2D eigenvalue weighted by Crippen LogP contribution is 2.21. The third-order valence-electron chi connectivity index (χ3n) is 1.36. The lowest BCUT2D eigenvalue weighted by Gasteiger charge is -2.00. The van der Waals surface area contributed by atoms with Gasteiger partial charge in [0.25, 0.3) is 6.47 Å². The molecule has 1 N–H and O–H groups in total. The molecule has 3 nitrogen and oxygen atoms in total. The summed E-state index contributed by atoms with van der Waals surface area (Å²) in [7, 11) is 0. The lowest BCUT2D eigenvalue weighted by atomic mass is 10.2. The molecule has 1 aromatic carbocycles. The van der Waals surface area contributed by atoms with Crippen molar-refractivity contribution in [3.05, 3.63) is 23.8 Å². The Bertz CT molecular complexity index is 268.